The minimum atomic E-state index is -5.58. The van der Waals surface area contributed by atoms with Crippen LogP contribution in [-0.4, -0.2) is 24.7 Å². The summed E-state index contributed by atoms with van der Waals surface area (Å²) in [6.45, 7) is -0.503. The van der Waals surface area contributed by atoms with Crippen LogP contribution >= 0.6 is 15.9 Å². The third-order valence-corrected chi connectivity index (χ3v) is 2.84. The van der Waals surface area contributed by atoms with Crippen molar-refractivity contribution in [3.05, 3.63) is 34.3 Å². The summed E-state index contributed by atoms with van der Waals surface area (Å²) in [5, 5.41) is 0. The zero-order chi connectivity index (χ0) is 15.4. The molecule has 0 spiro atoms. The quantitative estimate of drug-likeness (QED) is 0.436. The number of rotatable bonds is 5. The summed E-state index contributed by atoms with van der Waals surface area (Å²) in [6, 6.07) is 6.13. The van der Waals surface area contributed by atoms with E-state index in [2.05, 4.69) is 20.7 Å². The Kier molecular flexibility index (Phi) is 5.50. The lowest BCUT2D eigenvalue weighted by Crippen LogP contribution is -2.36. The molecule has 0 radical (unpaired) electrons. The number of carbonyl (C=O) groups excluding carboxylic acids is 1. The molecule has 0 atom stereocenters. The molecule has 2 nitrogen and oxygen atoms in total. The molecule has 1 aromatic carbocycles. The van der Waals surface area contributed by atoms with Gasteiger partial charge in [0.1, 0.15) is 0 Å². The fraction of sp³-hybridized carbons (Fsp3) is 0.417. The molecule has 0 fully saturated rings. The van der Waals surface area contributed by atoms with E-state index in [-0.39, 0.29) is 5.56 Å². The second-order valence-electron chi connectivity index (χ2n) is 3.95. The van der Waals surface area contributed by atoms with Gasteiger partial charge in [-0.25, -0.2) is 4.79 Å². The predicted octanol–water partition coefficient (Wildman–Crippen LogP) is 4.58. The zero-order valence-corrected chi connectivity index (χ0v) is 11.6. The van der Waals surface area contributed by atoms with Gasteiger partial charge in [0, 0.05) is 10.9 Å². The predicted molar refractivity (Wildman–Crippen MR) is 64.7 cm³/mol. The maximum Gasteiger partial charge on any atom is 0.453 e. The van der Waals surface area contributed by atoms with Gasteiger partial charge in [-0.3, -0.25) is 0 Å². The summed E-state index contributed by atoms with van der Waals surface area (Å²) >= 11 is 3.13. The van der Waals surface area contributed by atoms with E-state index in [1.165, 1.54) is 12.1 Å². The third-order valence-electron chi connectivity index (χ3n) is 2.34. The van der Waals surface area contributed by atoms with E-state index in [1.54, 1.807) is 12.1 Å². The van der Waals surface area contributed by atoms with Crippen molar-refractivity contribution in [1.29, 1.82) is 0 Å². The molecule has 0 aliphatic rings. The van der Waals surface area contributed by atoms with E-state index in [4.69, 9.17) is 0 Å². The van der Waals surface area contributed by atoms with Gasteiger partial charge in [0.15, 0.2) is 0 Å². The Balaban J connectivity index is 2.40. The summed E-state index contributed by atoms with van der Waals surface area (Å²) in [5.74, 6) is -5.54. The molecule has 0 saturated heterocycles. The van der Waals surface area contributed by atoms with Crippen LogP contribution in [0.1, 0.15) is 23.2 Å². The highest BCUT2D eigenvalue weighted by Gasteiger charge is 2.56. The van der Waals surface area contributed by atoms with E-state index in [0.29, 0.717) is 4.47 Å². The van der Waals surface area contributed by atoms with Crippen LogP contribution in [0.25, 0.3) is 0 Å². The molecule has 0 aliphatic carbocycles. The van der Waals surface area contributed by atoms with E-state index in [0.717, 1.165) is 0 Å². The fourth-order valence-electron chi connectivity index (χ4n) is 1.30. The van der Waals surface area contributed by atoms with Gasteiger partial charge in [-0.15, -0.1) is 0 Å². The standard InChI is InChI=1S/C12H10BrF5O2/c13-9-4-1-3-8(7-9)10(19)20-6-2-5-11(14,15)12(16,17)18/h1,3-4,7H,2,5-6H2. The van der Waals surface area contributed by atoms with Crippen molar-refractivity contribution in [3.8, 4) is 0 Å². The number of hydrogen-bond acceptors (Lipinski definition) is 2. The van der Waals surface area contributed by atoms with Crippen molar-refractivity contribution in [2.24, 2.45) is 0 Å². The van der Waals surface area contributed by atoms with Crippen molar-refractivity contribution in [2.75, 3.05) is 6.61 Å². The number of halogens is 6. The van der Waals surface area contributed by atoms with Crippen molar-refractivity contribution in [1.82, 2.24) is 0 Å². The fourth-order valence-corrected chi connectivity index (χ4v) is 1.70. The number of alkyl halides is 5. The summed E-state index contributed by atoms with van der Waals surface area (Å²) < 4.78 is 66.0. The molecule has 0 N–H and O–H groups in total. The molecule has 0 bridgehead atoms. The van der Waals surface area contributed by atoms with Gasteiger partial charge in [0.25, 0.3) is 0 Å². The Bertz CT molecular complexity index is 473. The van der Waals surface area contributed by atoms with E-state index in [1.807, 2.05) is 0 Å². The molecule has 8 heteroatoms. The lowest BCUT2D eigenvalue weighted by Gasteiger charge is -2.19. The highest BCUT2D eigenvalue weighted by Crippen LogP contribution is 2.38. The Morgan fingerprint density at radius 3 is 2.40 bits per heavy atom. The first-order chi connectivity index (χ1) is 9.13. The number of carbonyl (C=O) groups is 1. The van der Waals surface area contributed by atoms with Gasteiger partial charge in [-0.2, -0.15) is 22.0 Å². The summed E-state index contributed by atoms with van der Waals surface area (Å²) in [4.78, 5) is 11.5. The Morgan fingerprint density at radius 2 is 1.85 bits per heavy atom. The highest BCUT2D eigenvalue weighted by molar-refractivity contribution is 9.10. The molecular formula is C12H10BrF5O2. The van der Waals surface area contributed by atoms with Crippen LogP contribution in [0.2, 0.25) is 0 Å². The molecule has 1 rings (SSSR count). The topological polar surface area (TPSA) is 26.3 Å². The normalized spacial score (nSPS) is 12.3. The van der Waals surface area contributed by atoms with Crippen LogP contribution in [0, 0.1) is 0 Å². The molecule has 1 aromatic rings. The van der Waals surface area contributed by atoms with Crippen LogP contribution in [0.3, 0.4) is 0 Å². The SMILES string of the molecule is O=C(OCCCC(F)(F)C(F)(F)F)c1cccc(Br)c1. The summed E-state index contributed by atoms with van der Waals surface area (Å²) in [6.07, 6.45) is -7.57. The average molecular weight is 361 g/mol. The van der Waals surface area contributed by atoms with Crippen LogP contribution in [0.15, 0.2) is 28.7 Å². The minimum Gasteiger partial charge on any atom is -0.462 e. The van der Waals surface area contributed by atoms with E-state index >= 15 is 0 Å². The van der Waals surface area contributed by atoms with Gasteiger partial charge in [0.2, 0.25) is 0 Å². The maximum absolute atomic E-state index is 12.6. The molecule has 0 aromatic heterocycles. The monoisotopic (exact) mass is 360 g/mol. The summed E-state index contributed by atoms with van der Waals surface area (Å²) in [5.41, 5.74) is 0.182. The van der Waals surface area contributed by atoms with Gasteiger partial charge in [0.05, 0.1) is 12.2 Å². The van der Waals surface area contributed by atoms with Crippen LogP contribution in [-0.2, 0) is 4.74 Å². The lowest BCUT2D eigenvalue weighted by molar-refractivity contribution is -0.284. The van der Waals surface area contributed by atoms with Crippen LogP contribution in [0.4, 0.5) is 22.0 Å². The molecule has 0 heterocycles. The summed E-state index contributed by atoms with van der Waals surface area (Å²) in [7, 11) is 0. The molecule has 0 saturated carbocycles. The highest BCUT2D eigenvalue weighted by atomic mass is 79.9. The molecule has 20 heavy (non-hydrogen) atoms. The first kappa shape index (κ1) is 16.9. The number of esters is 1. The lowest BCUT2D eigenvalue weighted by atomic mass is 10.2. The average Bonchev–Trinajstić information content (AvgIpc) is 2.33. The van der Waals surface area contributed by atoms with Gasteiger partial charge >= 0.3 is 18.1 Å². The van der Waals surface area contributed by atoms with Crippen molar-refractivity contribution in [2.45, 2.75) is 24.9 Å². The molecule has 0 aliphatic heterocycles. The third kappa shape index (κ3) is 4.73. The Hall–Kier alpha value is -1.18. The number of benzene rings is 1. The van der Waals surface area contributed by atoms with E-state index < -0.39 is 37.5 Å². The van der Waals surface area contributed by atoms with Crippen molar-refractivity contribution < 1.29 is 31.5 Å². The van der Waals surface area contributed by atoms with Crippen molar-refractivity contribution >= 4 is 21.9 Å². The zero-order valence-electron chi connectivity index (χ0n) is 10.0. The largest absolute Gasteiger partial charge is 0.462 e. The second kappa shape index (κ2) is 6.51. The van der Waals surface area contributed by atoms with E-state index in [9.17, 15) is 26.7 Å². The minimum absolute atomic E-state index is 0.182. The Labute approximate surface area is 120 Å². The second-order valence-corrected chi connectivity index (χ2v) is 4.87. The molecule has 112 valence electrons. The Morgan fingerprint density at radius 1 is 1.20 bits per heavy atom. The molecule has 0 unspecified atom stereocenters. The maximum atomic E-state index is 12.6. The van der Waals surface area contributed by atoms with Crippen LogP contribution < -0.4 is 0 Å². The van der Waals surface area contributed by atoms with Gasteiger partial charge in [-0.05, 0) is 24.6 Å². The number of ether oxygens (including phenoxy) is 1. The van der Waals surface area contributed by atoms with Gasteiger partial charge < -0.3 is 4.74 Å². The first-order valence-electron chi connectivity index (χ1n) is 5.51. The van der Waals surface area contributed by atoms with Gasteiger partial charge in [-0.1, -0.05) is 22.0 Å². The smallest absolute Gasteiger partial charge is 0.453 e. The molecule has 0 amide bonds. The molecular weight excluding hydrogens is 351 g/mol. The first-order valence-corrected chi connectivity index (χ1v) is 6.30. The van der Waals surface area contributed by atoms with Crippen LogP contribution in [0.5, 0.6) is 0 Å². The van der Waals surface area contributed by atoms with Crippen molar-refractivity contribution in [3.63, 3.8) is 0 Å². The number of hydrogen-bond donors (Lipinski definition) is 0.